The van der Waals surface area contributed by atoms with Crippen molar-refractivity contribution in [3.8, 4) is 0 Å². The van der Waals surface area contributed by atoms with Crippen LogP contribution in [0.3, 0.4) is 0 Å². The zero-order valence-corrected chi connectivity index (χ0v) is 6.19. The molecule has 0 aromatic rings. The van der Waals surface area contributed by atoms with Crippen LogP contribution >= 0.6 is 11.6 Å². The Bertz CT molecular complexity index is 81.1. The molecule has 54 valence electrons. The predicted octanol–water partition coefficient (Wildman–Crippen LogP) is 2.24. The molecule has 0 spiro atoms. The highest BCUT2D eigenvalue weighted by molar-refractivity contribution is 6.25. The molecule has 0 unspecified atom stereocenters. The molecule has 0 heterocycles. The lowest BCUT2D eigenvalue weighted by Crippen LogP contribution is -1.90. The Balaban J connectivity index is 0. The van der Waals surface area contributed by atoms with E-state index < -0.39 is 5.97 Å². The molecule has 0 saturated carbocycles. The van der Waals surface area contributed by atoms with Crippen LogP contribution in [-0.4, -0.2) is 11.1 Å². The van der Waals surface area contributed by atoms with Crippen LogP contribution in [0.2, 0.25) is 0 Å². The van der Waals surface area contributed by atoms with E-state index in [0.717, 1.165) is 6.42 Å². The lowest BCUT2D eigenvalue weighted by Gasteiger charge is -1.79. The number of hydrogen-bond donors (Lipinski definition) is 1. The molecule has 1 N–H and O–H groups in total. The van der Waals surface area contributed by atoms with E-state index in [-0.39, 0.29) is 0 Å². The van der Waals surface area contributed by atoms with E-state index in [1.807, 2.05) is 6.92 Å². The maximum Gasteiger partial charge on any atom is 0.303 e. The van der Waals surface area contributed by atoms with Crippen LogP contribution in [0.15, 0.2) is 12.1 Å². The molecule has 9 heavy (non-hydrogen) atoms. The van der Waals surface area contributed by atoms with Gasteiger partial charge in [-0.25, -0.2) is 0 Å². The minimum atomic E-state index is -0.711. The zero-order chi connectivity index (χ0) is 7.70. The summed E-state index contributed by atoms with van der Waals surface area (Å²) in [5, 5.41) is 7.91. The SMILES string of the molecule is C=CCl.CCCC(=O)O. The van der Waals surface area contributed by atoms with Gasteiger partial charge in [-0.05, 0) is 12.0 Å². The highest BCUT2D eigenvalue weighted by Crippen LogP contribution is 1.82. The highest BCUT2D eigenvalue weighted by Gasteiger charge is 1.87. The number of rotatable bonds is 2. The first-order valence-electron chi connectivity index (χ1n) is 2.61. The molecule has 0 amide bonds. The highest BCUT2D eigenvalue weighted by atomic mass is 35.5. The second-order valence-corrected chi connectivity index (χ2v) is 1.61. The minimum absolute atomic E-state index is 0.292. The first-order chi connectivity index (χ1) is 4.18. The molecule has 0 rings (SSSR count). The van der Waals surface area contributed by atoms with E-state index in [1.165, 1.54) is 5.54 Å². The Morgan fingerprint density at radius 1 is 1.89 bits per heavy atom. The summed E-state index contributed by atoms with van der Waals surface area (Å²) in [6.07, 6.45) is 1.02. The van der Waals surface area contributed by atoms with Gasteiger partial charge in [0, 0.05) is 6.42 Å². The van der Waals surface area contributed by atoms with E-state index in [2.05, 4.69) is 6.58 Å². The monoisotopic (exact) mass is 150 g/mol. The normalized spacial score (nSPS) is 6.89. The van der Waals surface area contributed by atoms with Gasteiger partial charge in [-0.2, -0.15) is 0 Å². The standard InChI is InChI=1S/C4H8O2.C2H3Cl/c1-2-3-4(5)6;1-2-3/h2-3H2,1H3,(H,5,6);2H,1H2. The quantitative estimate of drug-likeness (QED) is 0.656. The second-order valence-electron chi connectivity index (χ2n) is 1.30. The molecule has 0 aromatic heterocycles. The Labute approximate surface area is 60.1 Å². The fraction of sp³-hybridized carbons (Fsp3) is 0.500. The summed E-state index contributed by atoms with van der Waals surface area (Å²) >= 11 is 4.76. The van der Waals surface area contributed by atoms with Gasteiger partial charge in [-0.15, -0.1) is 0 Å². The average Bonchev–Trinajstić information content (AvgIpc) is 1.67. The third-order valence-electron chi connectivity index (χ3n) is 0.464. The number of carboxylic acids is 1. The largest absolute Gasteiger partial charge is 0.481 e. The molecule has 0 aromatic carbocycles. The molecule has 2 nitrogen and oxygen atoms in total. The van der Waals surface area contributed by atoms with Crippen molar-refractivity contribution in [1.82, 2.24) is 0 Å². The molecular weight excluding hydrogens is 140 g/mol. The van der Waals surface area contributed by atoms with E-state index in [0.29, 0.717) is 6.42 Å². The predicted molar refractivity (Wildman–Crippen MR) is 38.6 cm³/mol. The van der Waals surface area contributed by atoms with E-state index in [9.17, 15) is 4.79 Å². The van der Waals surface area contributed by atoms with Crippen molar-refractivity contribution in [1.29, 1.82) is 0 Å². The van der Waals surface area contributed by atoms with Crippen molar-refractivity contribution < 1.29 is 9.90 Å². The van der Waals surface area contributed by atoms with Gasteiger partial charge < -0.3 is 5.11 Å². The molecule has 0 atom stereocenters. The molecule has 0 aliphatic rings. The maximum atomic E-state index is 9.60. The summed E-state index contributed by atoms with van der Waals surface area (Å²) in [6.45, 7) is 4.97. The van der Waals surface area contributed by atoms with Crippen LogP contribution < -0.4 is 0 Å². The molecule has 0 aliphatic heterocycles. The van der Waals surface area contributed by atoms with Crippen molar-refractivity contribution in [2.45, 2.75) is 19.8 Å². The summed E-state index contributed by atoms with van der Waals surface area (Å²) in [7, 11) is 0. The first-order valence-corrected chi connectivity index (χ1v) is 3.05. The second kappa shape index (κ2) is 10.5. The fourth-order valence-electron chi connectivity index (χ4n) is 0.214. The first kappa shape index (κ1) is 11.3. The van der Waals surface area contributed by atoms with Crippen molar-refractivity contribution >= 4 is 17.6 Å². The minimum Gasteiger partial charge on any atom is -0.481 e. The third kappa shape index (κ3) is 36.3. The average molecular weight is 151 g/mol. The number of aliphatic carboxylic acids is 1. The Hall–Kier alpha value is -0.500. The van der Waals surface area contributed by atoms with E-state index in [1.54, 1.807) is 0 Å². The van der Waals surface area contributed by atoms with Gasteiger partial charge in [-0.3, -0.25) is 4.79 Å². The molecular formula is C6H11ClO2. The number of hydrogen-bond acceptors (Lipinski definition) is 1. The van der Waals surface area contributed by atoms with Crippen LogP contribution in [0.5, 0.6) is 0 Å². The summed E-state index contributed by atoms with van der Waals surface area (Å²) < 4.78 is 0. The van der Waals surface area contributed by atoms with Gasteiger partial charge in [0.15, 0.2) is 0 Å². The molecule has 3 heteroatoms. The molecule has 0 saturated heterocycles. The van der Waals surface area contributed by atoms with Crippen LogP contribution in [0, 0.1) is 0 Å². The lowest BCUT2D eigenvalue weighted by atomic mass is 10.4. The van der Waals surface area contributed by atoms with E-state index in [4.69, 9.17) is 16.7 Å². The number of carbonyl (C=O) groups is 1. The number of halogens is 1. The van der Waals surface area contributed by atoms with Gasteiger partial charge in [-0.1, -0.05) is 25.1 Å². The van der Waals surface area contributed by atoms with Gasteiger partial charge >= 0.3 is 5.97 Å². The van der Waals surface area contributed by atoms with Gasteiger partial charge in [0.05, 0.1) is 0 Å². The summed E-state index contributed by atoms with van der Waals surface area (Å²) in [5.74, 6) is -0.711. The Kier molecular flexibility index (Phi) is 13.2. The number of carboxylic acid groups (broad SMARTS) is 1. The lowest BCUT2D eigenvalue weighted by molar-refractivity contribution is -0.137. The molecule has 0 aliphatic carbocycles. The topological polar surface area (TPSA) is 37.3 Å². The van der Waals surface area contributed by atoms with Crippen molar-refractivity contribution in [2.75, 3.05) is 0 Å². The van der Waals surface area contributed by atoms with Gasteiger partial charge in [0.25, 0.3) is 0 Å². The summed E-state index contributed by atoms with van der Waals surface area (Å²) in [6, 6.07) is 0. The van der Waals surface area contributed by atoms with Crippen LogP contribution in [0.1, 0.15) is 19.8 Å². The van der Waals surface area contributed by atoms with E-state index >= 15 is 0 Å². The molecule has 0 bridgehead atoms. The van der Waals surface area contributed by atoms with Crippen molar-refractivity contribution in [3.05, 3.63) is 12.1 Å². The maximum absolute atomic E-state index is 9.60. The van der Waals surface area contributed by atoms with Crippen molar-refractivity contribution in [2.24, 2.45) is 0 Å². The fourth-order valence-corrected chi connectivity index (χ4v) is 0.214. The van der Waals surface area contributed by atoms with Crippen LogP contribution in [0.4, 0.5) is 0 Å². The summed E-state index contributed by atoms with van der Waals surface area (Å²) in [5.41, 5.74) is 1.22. The Morgan fingerprint density at radius 2 is 2.22 bits per heavy atom. The van der Waals surface area contributed by atoms with Gasteiger partial charge in [0.2, 0.25) is 0 Å². The van der Waals surface area contributed by atoms with Crippen molar-refractivity contribution in [3.63, 3.8) is 0 Å². The van der Waals surface area contributed by atoms with Crippen LogP contribution in [-0.2, 0) is 4.79 Å². The summed E-state index contributed by atoms with van der Waals surface area (Å²) in [4.78, 5) is 9.60. The van der Waals surface area contributed by atoms with Gasteiger partial charge in [0.1, 0.15) is 0 Å². The smallest absolute Gasteiger partial charge is 0.303 e. The Morgan fingerprint density at radius 3 is 2.22 bits per heavy atom. The third-order valence-corrected chi connectivity index (χ3v) is 0.464. The molecule has 0 radical (unpaired) electrons. The zero-order valence-electron chi connectivity index (χ0n) is 5.43. The molecule has 0 fully saturated rings. The van der Waals surface area contributed by atoms with Crippen LogP contribution in [0.25, 0.3) is 0 Å².